The summed E-state index contributed by atoms with van der Waals surface area (Å²) in [6.07, 6.45) is 11.3. The maximum Gasteiger partial charge on any atom is 0.111 e. The molecular weight excluding hydrogens is 208 g/mol. The van der Waals surface area contributed by atoms with Crippen LogP contribution < -0.4 is 0 Å². The second-order valence-electron chi connectivity index (χ2n) is 5.52. The molecule has 1 N–H and O–H groups in total. The first-order valence-corrected chi connectivity index (χ1v) is 6.31. The van der Waals surface area contributed by atoms with Crippen molar-refractivity contribution in [3.8, 4) is 0 Å². The molecule has 0 aliphatic carbocycles. The fourth-order valence-corrected chi connectivity index (χ4v) is 1.93. The van der Waals surface area contributed by atoms with Crippen LogP contribution in [-0.4, -0.2) is 10.7 Å². The van der Waals surface area contributed by atoms with E-state index < -0.39 is 0 Å². The molecule has 1 aliphatic rings. The van der Waals surface area contributed by atoms with Gasteiger partial charge in [-0.2, -0.15) is 0 Å². The molecule has 94 valence electrons. The van der Waals surface area contributed by atoms with Gasteiger partial charge in [0.1, 0.15) is 5.84 Å². The Morgan fingerprint density at radius 2 is 2.06 bits per heavy atom. The molecule has 0 aromatic carbocycles. The van der Waals surface area contributed by atoms with Crippen molar-refractivity contribution in [3.63, 3.8) is 0 Å². The molecule has 1 rings (SSSR count). The van der Waals surface area contributed by atoms with Crippen molar-refractivity contribution in [2.45, 2.75) is 41.0 Å². The summed E-state index contributed by atoms with van der Waals surface area (Å²) in [6, 6.07) is 0. The molecule has 0 radical (unpaired) electrons. The number of rotatable bonds is 2. The van der Waals surface area contributed by atoms with Crippen LogP contribution in [0.3, 0.4) is 0 Å². The van der Waals surface area contributed by atoms with Gasteiger partial charge in [0, 0.05) is 23.2 Å². The summed E-state index contributed by atoms with van der Waals surface area (Å²) in [4.78, 5) is 2.02. The number of hydrogen-bond donors (Lipinski definition) is 1. The van der Waals surface area contributed by atoms with Gasteiger partial charge in [0.15, 0.2) is 0 Å². The van der Waals surface area contributed by atoms with E-state index in [4.69, 9.17) is 5.41 Å². The van der Waals surface area contributed by atoms with E-state index in [1.54, 1.807) is 0 Å². The van der Waals surface area contributed by atoms with Gasteiger partial charge in [-0.05, 0) is 12.5 Å². The molecule has 2 nitrogen and oxygen atoms in total. The monoisotopic (exact) mass is 232 g/mol. The maximum atomic E-state index is 8.26. The summed E-state index contributed by atoms with van der Waals surface area (Å²) in [7, 11) is 0. The first-order chi connectivity index (χ1) is 7.88. The maximum absolute atomic E-state index is 8.26. The molecule has 0 aromatic rings. The highest BCUT2D eigenvalue weighted by molar-refractivity contribution is 5.86. The van der Waals surface area contributed by atoms with E-state index in [9.17, 15) is 0 Å². The lowest BCUT2D eigenvalue weighted by Crippen LogP contribution is -2.33. The van der Waals surface area contributed by atoms with Crippen molar-refractivity contribution < 1.29 is 0 Å². The Morgan fingerprint density at radius 3 is 2.59 bits per heavy atom. The second-order valence-corrected chi connectivity index (χ2v) is 5.52. The highest BCUT2D eigenvalue weighted by Crippen LogP contribution is 2.31. The molecule has 1 heterocycles. The van der Waals surface area contributed by atoms with Crippen LogP contribution in [0.2, 0.25) is 0 Å². The summed E-state index contributed by atoms with van der Waals surface area (Å²) in [5.74, 6) is 0.803. The zero-order chi connectivity index (χ0) is 13.1. The SMILES string of the molecule is CC/C=C(\N1C=CC=CC(C)C1=N)C(C)(C)C. The third-order valence-electron chi connectivity index (χ3n) is 2.86. The van der Waals surface area contributed by atoms with Crippen molar-refractivity contribution in [3.05, 3.63) is 36.2 Å². The van der Waals surface area contributed by atoms with E-state index in [1.165, 1.54) is 5.70 Å². The average Bonchev–Trinajstić information content (AvgIpc) is 2.38. The topological polar surface area (TPSA) is 27.1 Å². The van der Waals surface area contributed by atoms with E-state index in [1.807, 2.05) is 23.3 Å². The Bertz CT molecular complexity index is 367. The van der Waals surface area contributed by atoms with Crippen LogP contribution in [0.4, 0.5) is 0 Å². The molecule has 1 unspecified atom stereocenters. The summed E-state index contributed by atoms with van der Waals surface area (Å²) >= 11 is 0. The zero-order valence-electron chi connectivity index (χ0n) is 11.6. The van der Waals surface area contributed by atoms with E-state index in [0.717, 1.165) is 6.42 Å². The van der Waals surface area contributed by atoms with Gasteiger partial charge < -0.3 is 4.90 Å². The van der Waals surface area contributed by atoms with Gasteiger partial charge >= 0.3 is 0 Å². The Balaban J connectivity index is 3.11. The summed E-state index contributed by atoms with van der Waals surface area (Å²) in [5.41, 5.74) is 1.26. The minimum Gasteiger partial charge on any atom is -0.309 e. The normalized spacial score (nSPS) is 21.9. The molecule has 1 aliphatic heterocycles. The molecule has 0 spiro atoms. The van der Waals surface area contributed by atoms with Gasteiger partial charge in [0.25, 0.3) is 0 Å². The second kappa shape index (κ2) is 5.35. The molecule has 0 amide bonds. The molecule has 0 aromatic heterocycles. The molecule has 0 saturated heterocycles. The van der Waals surface area contributed by atoms with Crippen LogP contribution in [-0.2, 0) is 0 Å². The molecular formula is C15H24N2. The predicted octanol–water partition coefficient (Wildman–Crippen LogP) is 4.33. The van der Waals surface area contributed by atoms with Gasteiger partial charge in [-0.3, -0.25) is 5.41 Å². The highest BCUT2D eigenvalue weighted by atomic mass is 15.2. The largest absolute Gasteiger partial charge is 0.309 e. The van der Waals surface area contributed by atoms with Crippen LogP contribution in [0.15, 0.2) is 36.2 Å². The van der Waals surface area contributed by atoms with Gasteiger partial charge in [-0.25, -0.2) is 0 Å². The lowest BCUT2D eigenvalue weighted by Gasteiger charge is -2.34. The third kappa shape index (κ3) is 3.32. The fourth-order valence-electron chi connectivity index (χ4n) is 1.93. The highest BCUT2D eigenvalue weighted by Gasteiger charge is 2.26. The first kappa shape index (κ1) is 13.8. The van der Waals surface area contributed by atoms with Gasteiger partial charge in [0.05, 0.1) is 0 Å². The number of nitrogens with zero attached hydrogens (tertiary/aromatic N) is 1. The number of allylic oxidation sites excluding steroid dienone is 4. The van der Waals surface area contributed by atoms with Crippen LogP contribution in [0, 0.1) is 16.7 Å². The Labute approximate surface area is 105 Å². The number of amidine groups is 1. The zero-order valence-corrected chi connectivity index (χ0v) is 11.6. The Kier molecular flexibility index (Phi) is 4.33. The van der Waals surface area contributed by atoms with E-state index in [2.05, 4.69) is 46.8 Å². The van der Waals surface area contributed by atoms with Crippen molar-refractivity contribution in [1.82, 2.24) is 4.90 Å². The van der Waals surface area contributed by atoms with Gasteiger partial charge in [-0.15, -0.1) is 0 Å². The molecule has 0 fully saturated rings. The van der Waals surface area contributed by atoms with Gasteiger partial charge in [-0.1, -0.05) is 52.8 Å². The summed E-state index contributed by atoms with van der Waals surface area (Å²) in [5, 5.41) is 8.26. The molecule has 1 atom stereocenters. The average molecular weight is 232 g/mol. The summed E-state index contributed by atoms with van der Waals surface area (Å²) < 4.78 is 0. The van der Waals surface area contributed by atoms with Crippen LogP contribution in [0.1, 0.15) is 41.0 Å². The predicted molar refractivity (Wildman–Crippen MR) is 74.8 cm³/mol. The smallest absolute Gasteiger partial charge is 0.111 e. The van der Waals surface area contributed by atoms with Crippen LogP contribution >= 0.6 is 0 Å². The van der Waals surface area contributed by atoms with Crippen molar-refractivity contribution in [2.75, 3.05) is 0 Å². The van der Waals surface area contributed by atoms with E-state index >= 15 is 0 Å². The Hall–Kier alpha value is -1.31. The lowest BCUT2D eigenvalue weighted by molar-refractivity contribution is 0.405. The number of nitrogens with one attached hydrogen (secondary N) is 1. The quantitative estimate of drug-likeness (QED) is 0.754. The molecule has 0 saturated carbocycles. The van der Waals surface area contributed by atoms with E-state index in [0.29, 0.717) is 5.84 Å². The van der Waals surface area contributed by atoms with Crippen LogP contribution in [0.5, 0.6) is 0 Å². The van der Waals surface area contributed by atoms with Crippen molar-refractivity contribution in [2.24, 2.45) is 11.3 Å². The lowest BCUT2D eigenvalue weighted by atomic mass is 9.89. The van der Waals surface area contributed by atoms with E-state index in [-0.39, 0.29) is 11.3 Å². The molecule has 2 heteroatoms. The van der Waals surface area contributed by atoms with Crippen molar-refractivity contribution >= 4 is 5.84 Å². The molecule has 17 heavy (non-hydrogen) atoms. The summed E-state index contributed by atoms with van der Waals surface area (Å²) in [6.45, 7) is 10.8. The van der Waals surface area contributed by atoms with Crippen molar-refractivity contribution in [1.29, 1.82) is 5.41 Å². The first-order valence-electron chi connectivity index (χ1n) is 6.31. The Morgan fingerprint density at radius 1 is 1.41 bits per heavy atom. The van der Waals surface area contributed by atoms with Gasteiger partial charge in [0.2, 0.25) is 0 Å². The van der Waals surface area contributed by atoms with Crippen LogP contribution in [0.25, 0.3) is 0 Å². The minimum atomic E-state index is 0.0523. The number of hydrogen-bond acceptors (Lipinski definition) is 1. The standard InChI is InChI=1S/C15H24N2/c1-6-9-13(15(3,4)5)17-11-8-7-10-12(2)14(17)16/h7-12,16H,6H2,1-5H3/b13-9-,16-14?. The fraction of sp³-hybridized carbons (Fsp3) is 0.533. The molecule has 0 bridgehead atoms. The minimum absolute atomic E-state index is 0.0523. The third-order valence-corrected chi connectivity index (χ3v) is 2.86.